The summed E-state index contributed by atoms with van der Waals surface area (Å²) in [6.07, 6.45) is 1.86. The average Bonchev–Trinajstić information content (AvgIpc) is 3.05. The molecule has 0 atom stereocenters. The highest BCUT2D eigenvalue weighted by Gasteiger charge is 2.23. The zero-order valence-electron chi connectivity index (χ0n) is 14.7. The summed E-state index contributed by atoms with van der Waals surface area (Å²) in [5, 5.41) is 5.99. The molecule has 2 aromatic heterocycles. The molecule has 7 heteroatoms. The molecule has 2 N–H and O–H groups in total. The second-order valence-electron chi connectivity index (χ2n) is 6.22. The molecule has 3 aromatic rings. The van der Waals surface area contributed by atoms with Gasteiger partial charge in [0, 0.05) is 35.1 Å². The van der Waals surface area contributed by atoms with E-state index >= 15 is 0 Å². The second-order valence-corrected chi connectivity index (χ2v) is 8.38. The van der Waals surface area contributed by atoms with Crippen molar-refractivity contribution in [3.05, 3.63) is 51.3 Å². The Morgan fingerprint density at radius 1 is 1.15 bits per heavy atom. The molecule has 4 rings (SSSR count). The molecule has 0 aliphatic carbocycles. The zero-order valence-corrected chi connectivity index (χ0v) is 16.3. The van der Waals surface area contributed by atoms with Crippen molar-refractivity contribution in [2.24, 2.45) is 0 Å². The molecular formula is C19H18N4OS2. The van der Waals surface area contributed by atoms with Gasteiger partial charge in [0.05, 0.1) is 15.5 Å². The number of carbonyl (C=O) groups is 1. The van der Waals surface area contributed by atoms with Crippen molar-refractivity contribution in [1.29, 1.82) is 0 Å². The van der Waals surface area contributed by atoms with Gasteiger partial charge in [-0.3, -0.25) is 4.79 Å². The molecule has 132 valence electrons. The topological polar surface area (TPSA) is 66.9 Å². The van der Waals surface area contributed by atoms with Crippen LogP contribution in [0, 0.1) is 13.8 Å². The van der Waals surface area contributed by atoms with Crippen molar-refractivity contribution in [2.75, 3.05) is 12.4 Å². The summed E-state index contributed by atoms with van der Waals surface area (Å²) < 4.78 is 0. The maximum Gasteiger partial charge on any atom is 0.261 e. The third kappa shape index (κ3) is 3.20. The first-order valence-corrected chi connectivity index (χ1v) is 10.0. The van der Waals surface area contributed by atoms with Gasteiger partial charge in [-0.25, -0.2) is 9.97 Å². The van der Waals surface area contributed by atoms with Gasteiger partial charge >= 0.3 is 0 Å². The molecule has 0 spiro atoms. The minimum absolute atomic E-state index is 0.0569. The third-order valence-electron chi connectivity index (χ3n) is 4.11. The van der Waals surface area contributed by atoms with E-state index in [9.17, 15) is 4.79 Å². The first-order valence-electron chi connectivity index (χ1n) is 8.24. The normalized spacial score (nSPS) is 12.3. The number of benzene rings is 1. The number of amides is 1. The SMILES string of the molecule is CNC(=O)c1cc2c(s1)CSc1cnc(Nc3cc(C)cc(C)c3)nc1-2. The molecule has 3 heterocycles. The minimum atomic E-state index is -0.0569. The first kappa shape index (κ1) is 17.1. The van der Waals surface area contributed by atoms with Gasteiger partial charge in [0.1, 0.15) is 0 Å². The molecule has 5 nitrogen and oxygen atoms in total. The molecule has 0 fully saturated rings. The first-order chi connectivity index (χ1) is 12.5. The number of carbonyl (C=O) groups excluding carboxylic acids is 1. The lowest BCUT2D eigenvalue weighted by Gasteiger charge is -2.15. The van der Waals surface area contributed by atoms with Gasteiger partial charge in [0.15, 0.2) is 0 Å². The summed E-state index contributed by atoms with van der Waals surface area (Å²) in [6, 6.07) is 8.22. The number of hydrogen-bond donors (Lipinski definition) is 2. The molecule has 0 saturated heterocycles. The van der Waals surface area contributed by atoms with E-state index in [2.05, 4.69) is 47.7 Å². The molecule has 1 amide bonds. The van der Waals surface area contributed by atoms with E-state index in [-0.39, 0.29) is 5.91 Å². The maximum absolute atomic E-state index is 12.0. The van der Waals surface area contributed by atoms with Crippen LogP contribution in [0.5, 0.6) is 0 Å². The van der Waals surface area contributed by atoms with E-state index in [4.69, 9.17) is 4.98 Å². The lowest BCUT2D eigenvalue weighted by molar-refractivity contribution is 0.0967. The van der Waals surface area contributed by atoms with Gasteiger partial charge in [-0.2, -0.15) is 0 Å². The predicted molar refractivity (Wildman–Crippen MR) is 107 cm³/mol. The molecule has 0 saturated carbocycles. The summed E-state index contributed by atoms with van der Waals surface area (Å²) in [5.41, 5.74) is 5.29. The second kappa shape index (κ2) is 6.74. The summed E-state index contributed by atoms with van der Waals surface area (Å²) in [6.45, 7) is 4.14. The number of anilines is 2. The Balaban J connectivity index is 1.71. The number of thiophene rings is 1. The Bertz CT molecular complexity index is 993. The van der Waals surface area contributed by atoms with Gasteiger partial charge in [0.2, 0.25) is 5.95 Å². The Morgan fingerprint density at radius 3 is 2.65 bits per heavy atom. The van der Waals surface area contributed by atoms with Gasteiger partial charge < -0.3 is 10.6 Å². The lowest BCUT2D eigenvalue weighted by atomic mass is 10.1. The predicted octanol–water partition coefficient (Wildman–Crippen LogP) is 4.53. The van der Waals surface area contributed by atoms with Crippen LogP contribution in [-0.4, -0.2) is 22.9 Å². The largest absolute Gasteiger partial charge is 0.354 e. The highest BCUT2D eigenvalue weighted by atomic mass is 32.2. The van der Waals surface area contributed by atoms with Crippen LogP contribution in [0.25, 0.3) is 11.3 Å². The molecule has 26 heavy (non-hydrogen) atoms. The molecule has 0 bridgehead atoms. The van der Waals surface area contributed by atoms with Gasteiger partial charge in [-0.15, -0.1) is 23.1 Å². The van der Waals surface area contributed by atoms with Crippen LogP contribution in [0.4, 0.5) is 11.6 Å². The van der Waals surface area contributed by atoms with Crippen LogP contribution >= 0.6 is 23.1 Å². The van der Waals surface area contributed by atoms with Crippen LogP contribution in [0.2, 0.25) is 0 Å². The third-order valence-corrected chi connectivity index (χ3v) is 6.47. The molecule has 1 aromatic carbocycles. The number of aryl methyl sites for hydroxylation is 2. The fourth-order valence-corrected chi connectivity index (χ4v) is 5.20. The molecule has 0 radical (unpaired) electrons. The lowest BCUT2D eigenvalue weighted by Crippen LogP contribution is -2.16. The summed E-state index contributed by atoms with van der Waals surface area (Å²) in [4.78, 5) is 24.1. The Morgan fingerprint density at radius 2 is 1.92 bits per heavy atom. The quantitative estimate of drug-likeness (QED) is 0.697. The number of nitrogens with zero attached hydrogens (tertiary/aromatic N) is 2. The summed E-state index contributed by atoms with van der Waals surface area (Å²) in [7, 11) is 1.65. The molecular weight excluding hydrogens is 364 g/mol. The highest BCUT2D eigenvalue weighted by Crippen LogP contribution is 2.44. The van der Waals surface area contributed by atoms with Crippen LogP contribution in [-0.2, 0) is 5.75 Å². The fraction of sp³-hybridized carbons (Fsp3) is 0.211. The van der Waals surface area contributed by atoms with Crippen LogP contribution < -0.4 is 10.6 Å². The number of nitrogens with one attached hydrogen (secondary N) is 2. The van der Waals surface area contributed by atoms with E-state index in [0.29, 0.717) is 10.8 Å². The van der Waals surface area contributed by atoms with E-state index < -0.39 is 0 Å². The minimum Gasteiger partial charge on any atom is -0.354 e. The van der Waals surface area contributed by atoms with E-state index in [1.807, 2.05) is 12.3 Å². The standard InChI is InChI=1S/C19H18N4OS2/c1-10-4-11(2)6-12(5-10)22-19-21-8-15-17(23-19)13-7-14(18(24)20-3)26-16(13)9-25-15/h4-8H,9H2,1-3H3,(H,20,24)(H,21,22,23). The van der Waals surface area contributed by atoms with E-state index in [0.717, 1.165) is 27.6 Å². The van der Waals surface area contributed by atoms with Crippen LogP contribution in [0.1, 0.15) is 25.7 Å². The van der Waals surface area contributed by atoms with Gasteiger partial charge in [-0.1, -0.05) is 6.07 Å². The van der Waals surface area contributed by atoms with Gasteiger partial charge in [0.25, 0.3) is 5.91 Å². The Hall–Kier alpha value is -2.38. The highest BCUT2D eigenvalue weighted by molar-refractivity contribution is 7.98. The summed E-state index contributed by atoms with van der Waals surface area (Å²) >= 11 is 3.24. The Kier molecular flexibility index (Phi) is 4.42. The number of rotatable bonds is 3. The van der Waals surface area contributed by atoms with E-state index in [1.165, 1.54) is 27.3 Å². The number of fused-ring (bicyclic) bond motifs is 3. The summed E-state index contributed by atoms with van der Waals surface area (Å²) in [5.74, 6) is 1.35. The average molecular weight is 383 g/mol. The monoisotopic (exact) mass is 382 g/mol. The fourth-order valence-electron chi connectivity index (χ4n) is 3.02. The van der Waals surface area contributed by atoms with Crippen molar-refractivity contribution in [1.82, 2.24) is 15.3 Å². The Labute approximate surface area is 160 Å². The number of aromatic nitrogens is 2. The number of thioether (sulfide) groups is 1. The van der Waals surface area contributed by atoms with Crippen molar-refractivity contribution in [3.8, 4) is 11.3 Å². The van der Waals surface area contributed by atoms with Crippen molar-refractivity contribution in [2.45, 2.75) is 24.5 Å². The molecule has 0 unspecified atom stereocenters. The van der Waals surface area contributed by atoms with Crippen molar-refractivity contribution < 1.29 is 4.79 Å². The number of hydrogen-bond acceptors (Lipinski definition) is 6. The maximum atomic E-state index is 12.0. The van der Waals surface area contributed by atoms with E-state index in [1.54, 1.807) is 18.8 Å². The zero-order chi connectivity index (χ0) is 18.3. The molecule has 1 aliphatic heterocycles. The molecule has 1 aliphatic rings. The van der Waals surface area contributed by atoms with Crippen LogP contribution in [0.3, 0.4) is 0 Å². The smallest absolute Gasteiger partial charge is 0.261 e. The van der Waals surface area contributed by atoms with Crippen LogP contribution in [0.15, 0.2) is 35.4 Å². The van der Waals surface area contributed by atoms with Gasteiger partial charge in [-0.05, 0) is 43.2 Å². The van der Waals surface area contributed by atoms with Crippen molar-refractivity contribution in [3.63, 3.8) is 0 Å². The van der Waals surface area contributed by atoms with Crippen molar-refractivity contribution >= 4 is 40.6 Å².